The third kappa shape index (κ3) is 5.36. The third-order valence-electron chi connectivity index (χ3n) is 2.27. The molecule has 0 heterocycles. The lowest BCUT2D eigenvalue weighted by Gasteiger charge is -2.09. The second-order valence-electron chi connectivity index (χ2n) is 4.31. The van der Waals surface area contributed by atoms with Crippen LogP contribution in [0.4, 0.5) is 5.69 Å². The zero-order valence-corrected chi connectivity index (χ0v) is 10.4. The number of carbonyl (C=O) groups is 1. The van der Waals surface area contributed by atoms with E-state index in [0.29, 0.717) is 18.2 Å². The van der Waals surface area contributed by atoms with Gasteiger partial charge in [0, 0.05) is 11.8 Å². The van der Waals surface area contributed by atoms with Crippen molar-refractivity contribution in [2.75, 3.05) is 18.5 Å². The summed E-state index contributed by atoms with van der Waals surface area (Å²) in [4.78, 5) is 11.1. The molecule has 0 saturated heterocycles. The highest BCUT2D eigenvalue weighted by atomic mass is 16.5. The van der Waals surface area contributed by atoms with Crippen LogP contribution in [0.2, 0.25) is 0 Å². The molecule has 0 bridgehead atoms. The van der Waals surface area contributed by atoms with E-state index in [2.05, 4.69) is 19.2 Å². The number of rotatable bonds is 6. The van der Waals surface area contributed by atoms with Gasteiger partial charge < -0.3 is 15.8 Å². The highest BCUT2D eigenvalue weighted by Crippen LogP contribution is 2.17. The highest BCUT2D eigenvalue weighted by molar-refractivity contribution is 5.92. The van der Waals surface area contributed by atoms with Crippen molar-refractivity contribution in [3.05, 3.63) is 24.3 Å². The molecule has 1 rings (SSSR count). The second kappa shape index (κ2) is 6.91. The Morgan fingerprint density at radius 3 is 2.88 bits per heavy atom. The summed E-state index contributed by atoms with van der Waals surface area (Å²) in [6.07, 6.45) is 1.01. The highest BCUT2D eigenvalue weighted by Gasteiger charge is 2.01. The lowest BCUT2D eigenvalue weighted by molar-refractivity contribution is -0.114. The van der Waals surface area contributed by atoms with E-state index < -0.39 is 0 Å². The van der Waals surface area contributed by atoms with Gasteiger partial charge in [0.2, 0.25) is 5.91 Å². The van der Waals surface area contributed by atoms with Crippen LogP contribution in [0.5, 0.6) is 5.75 Å². The molecule has 94 valence electrons. The van der Waals surface area contributed by atoms with Crippen LogP contribution < -0.4 is 15.8 Å². The lowest BCUT2D eigenvalue weighted by atomic mass is 10.1. The summed E-state index contributed by atoms with van der Waals surface area (Å²) in [5.41, 5.74) is 5.94. The van der Waals surface area contributed by atoms with Gasteiger partial charge in [0.05, 0.1) is 13.2 Å². The Hall–Kier alpha value is -1.55. The fourth-order valence-electron chi connectivity index (χ4n) is 1.29. The van der Waals surface area contributed by atoms with E-state index in [1.807, 2.05) is 18.2 Å². The second-order valence-corrected chi connectivity index (χ2v) is 4.31. The summed E-state index contributed by atoms with van der Waals surface area (Å²) >= 11 is 0. The summed E-state index contributed by atoms with van der Waals surface area (Å²) in [6, 6.07) is 7.33. The standard InChI is InChI=1S/C13H20N2O2/c1-10(2)6-7-17-12-5-3-4-11(8-12)15-13(16)9-14/h3-5,8,10H,6-7,9,14H2,1-2H3,(H,15,16). The number of amides is 1. The molecule has 17 heavy (non-hydrogen) atoms. The number of hydrogen-bond donors (Lipinski definition) is 2. The Kier molecular flexibility index (Phi) is 5.49. The minimum absolute atomic E-state index is 0.0154. The predicted molar refractivity (Wildman–Crippen MR) is 69.1 cm³/mol. The van der Waals surface area contributed by atoms with Crippen molar-refractivity contribution < 1.29 is 9.53 Å². The molecular formula is C13H20N2O2. The molecule has 0 aliphatic carbocycles. The largest absolute Gasteiger partial charge is 0.494 e. The van der Waals surface area contributed by atoms with E-state index in [4.69, 9.17) is 10.5 Å². The average Bonchev–Trinajstić information content (AvgIpc) is 2.29. The van der Waals surface area contributed by atoms with Gasteiger partial charge in [-0.2, -0.15) is 0 Å². The van der Waals surface area contributed by atoms with Crippen molar-refractivity contribution in [1.82, 2.24) is 0 Å². The monoisotopic (exact) mass is 236 g/mol. The van der Waals surface area contributed by atoms with E-state index >= 15 is 0 Å². The first-order chi connectivity index (χ1) is 8.11. The fraction of sp³-hybridized carbons (Fsp3) is 0.462. The predicted octanol–water partition coefficient (Wildman–Crippen LogP) is 2.01. The Labute approximate surface area is 102 Å². The summed E-state index contributed by atoms with van der Waals surface area (Å²) in [5.74, 6) is 1.18. The number of benzene rings is 1. The van der Waals surface area contributed by atoms with Crippen molar-refractivity contribution >= 4 is 11.6 Å². The van der Waals surface area contributed by atoms with Crippen LogP contribution in [0.1, 0.15) is 20.3 Å². The van der Waals surface area contributed by atoms with Crippen molar-refractivity contribution in [3.63, 3.8) is 0 Å². The Morgan fingerprint density at radius 2 is 2.24 bits per heavy atom. The van der Waals surface area contributed by atoms with Gasteiger partial charge in [0.1, 0.15) is 5.75 Å². The molecule has 0 radical (unpaired) electrons. The van der Waals surface area contributed by atoms with E-state index in [1.165, 1.54) is 0 Å². The molecule has 1 amide bonds. The Bertz CT molecular complexity index is 364. The minimum Gasteiger partial charge on any atom is -0.494 e. The zero-order chi connectivity index (χ0) is 12.7. The van der Waals surface area contributed by atoms with Crippen LogP contribution in [-0.4, -0.2) is 19.1 Å². The quantitative estimate of drug-likeness (QED) is 0.794. The maximum atomic E-state index is 11.1. The van der Waals surface area contributed by atoms with Crippen molar-refractivity contribution in [3.8, 4) is 5.75 Å². The SMILES string of the molecule is CC(C)CCOc1cccc(NC(=O)CN)c1. The van der Waals surface area contributed by atoms with Gasteiger partial charge in [-0.3, -0.25) is 4.79 Å². The van der Waals surface area contributed by atoms with Crippen molar-refractivity contribution in [1.29, 1.82) is 0 Å². The van der Waals surface area contributed by atoms with Crippen molar-refractivity contribution in [2.24, 2.45) is 11.7 Å². The van der Waals surface area contributed by atoms with Gasteiger partial charge in [-0.1, -0.05) is 19.9 Å². The summed E-state index contributed by atoms with van der Waals surface area (Å²) < 4.78 is 5.59. The first kappa shape index (κ1) is 13.5. The summed E-state index contributed by atoms with van der Waals surface area (Å²) in [7, 11) is 0. The maximum absolute atomic E-state index is 11.1. The molecule has 1 aromatic rings. The molecule has 0 spiro atoms. The van der Waals surface area contributed by atoms with Crippen molar-refractivity contribution in [2.45, 2.75) is 20.3 Å². The van der Waals surface area contributed by atoms with Gasteiger partial charge in [-0.25, -0.2) is 0 Å². The van der Waals surface area contributed by atoms with Gasteiger partial charge in [0.15, 0.2) is 0 Å². The first-order valence-electron chi connectivity index (χ1n) is 5.84. The molecule has 0 aliphatic rings. The third-order valence-corrected chi connectivity index (χ3v) is 2.27. The molecule has 1 aromatic carbocycles. The topological polar surface area (TPSA) is 64.3 Å². The van der Waals surface area contributed by atoms with E-state index in [1.54, 1.807) is 6.07 Å². The van der Waals surface area contributed by atoms with E-state index in [0.717, 1.165) is 12.2 Å². The number of anilines is 1. The minimum atomic E-state index is -0.204. The number of nitrogens with two attached hydrogens (primary N) is 1. The lowest BCUT2D eigenvalue weighted by Crippen LogP contribution is -2.21. The fourth-order valence-corrected chi connectivity index (χ4v) is 1.29. The van der Waals surface area contributed by atoms with E-state index in [-0.39, 0.29) is 12.5 Å². The Morgan fingerprint density at radius 1 is 1.47 bits per heavy atom. The number of nitrogens with one attached hydrogen (secondary N) is 1. The molecule has 0 unspecified atom stereocenters. The molecule has 3 N–H and O–H groups in total. The Balaban J connectivity index is 2.50. The molecule has 0 aliphatic heterocycles. The molecule has 4 heteroatoms. The van der Waals surface area contributed by atoms with Gasteiger partial charge in [-0.15, -0.1) is 0 Å². The molecule has 0 aromatic heterocycles. The average molecular weight is 236 g/mol. The number of carbonyl (C=O) groups excluding carboxylic acids is 1. The number of ether oxygens (including phenoxy) is 1. The smallest absolute Gasteiger partial charge is 0.238 e. The first-order valence-corrected chi connectivity index (χ1v) is 5.84. The van der Waals surface area contributed by atoms with Gasteiger partial charge >= 0.3 is 0 Å². The summed E-state index contributed by atoms with van der Waals surface area (Å²) in [6.45, 7) is 4.98. The normalized spacial score (nSPS) is 10.4. The van der Waals surface area contributed by atoms with Crippen LogP contribution in [0.15, 0.2) is 24.3 Å². The van der Waals surface area contributed by atoms with Gasteiger partial charge in [0.25, 0.3) is 0 Å². The molecule has 0 atom stereocenters. The van der Waals surface area contributed by atoms with E-state index in [9.17, 15) is 4.79 Å². The van der Waals surface area contributed by atoms with Crippen LogP contribution in [0.25, 0.3) is 0 Å². The number of hydrogen-bond acceptors (Lipinski definition) is 3. The van der Waals surface area contributed by atoms with Crippen LogP contribution in [0.3, 0.4) is 0 Å². The van der Waals surface area contributed by atoms with Crippen LogP contribution in [-0.2, 0) is 4.79 Å². The molecule has 0 fully saturated rings. The molecule has 0 saturated carbocycles. The van der Waals surface area contributed by atoms with Crippen LogP contribution in [0, 0.1) is 5.92 Å². The maximum Gasteiger partial charge on any atom is 0.238 e. The molecular weight excluding hydrogens is 216 g/mol. The zero-order valence-electron chi connectivity index (χ0n) is 10.4. The van der Waals surface area contributed by atoms with Gasteiger partial charge in [-0.05, 0) is 24.5 Å². The summed E-state index contributed by atoms with van der Waals surface area (Å²) in [5, 5.41) is 2.69. The molecule has 4 nitrogen and oxygen atoms in total. The van der Waals surface area contributed by atoms with Crippen LogP contribution >= 0.6 is 0 Å².